The van der Waals surface area contributed by atoms with Gasteiger partial charge in [-0.1, -0.05) is 0 Å². The lowest BCUT2D eigenvalue weighted by Crippen LogP contribution is -2.32. The summed E-state index contributed by atoms with van der Waals surface area (Å²) in [4.78, 5) is 41.1. The van der Waals surface area contributed by atoms with E-state index in [0.29, 0.717) is 9.13 Å². The minimum atomic E-state index is -0.878. The highest BCUT2D eigenvalue weighted by molar-refractivity contribution is 14.1. The van der Waals surface area contributed by atoms with Crippen molar-refractivity contribution in [3.05, 3.63) is 36.3 Å². The molecular weight excluding hydrogens is 405 g/mol. The third kappa shape index (κ3) is 3.84. The van der Waals surface area contributed by atoms with Crippen LogP contribution in [0.5, 0.6) is 0 Å². The average Bonchev–Trinajstić information content (AvgIpc) is 2.35. The smallest absolute Gasteiger partial charge is 0.420 e. The van der Waals surface area contributed by atoms with Gasteiger partial charge < -0.3 is 14.5 Å². The third-order valence-electron chi connectivity index (χ3n) is 2.55. The van der Waals surface area contributed by atoms with Crippen LogP contribution in [0.2, 0.25) is 0 Å². The molecule has 2 N–H and O–H groups in total. The molecule has 2 heterocycles. The molecule has 0 unspecified atom stereocenters. The van der Waals surface area contributed by atoms with Gasteiger partial charge in [0.2, 0.25) is 0 Å². The van der Waals surface area contributed by atoms with Gasteiger partial charge >= 0.3 is 17.5 Å². The summed E-state index contributed by atoms with van der Waals surface area (Å²) >= 11 is 1.98. The number of pyridine rings is 1. The van der Waals surface area contributed by atoms with Crippen molar-refractivity contribution in [2.24, 2.45) is 0 Å². The Bertz CT molecular complexity index is 834. The molecule has 0 saturated carbocycles. The van der Waals surface area contributed by atoms with Crippen LogP contribution in [-0.2, 0) is 11.3 Å². The number of H-pyrrole nitrogens is 1. The maximum absolute atomic E-state index is 11.9. The van der Waals surface area contributed by atoms with Crippen LogP contribution in [0.3, 0.4) is 0 Å². The Morgan fingerprint density at radius 2 is 2.14 bits per heavy atom. The van der Waals surface area contributed by atoms with Gasteiger partial charge in [-0.25, -0.2) is 19.4 Å². The van der Waals surface area contributed by atoms with E-state index in [4.69, 9.17) is 4.74 Å². The van der Waals surface area contributed by atoms with Crippen molar-refractivity contribution in [1.82, 2.24) is 15.3 Å². The van der Waals surface area contributed by atoms with Crippen molar-refractivity contribution in [2.45, 2.75) is 32.9 Å². The molecule has 0 aliphatic carbocycles. The topological polar surface area (TPSA) is 114 Å². The number of carbonyl (C=O) groups excluding carboxylic acids is 1. The molecule has 2 rings (SSSR count). The van der Waals surface area contributed by atoms with Gasteiger partial charge in [-0.2, -0.15) is 0 Å². The molecule has 0 aromatic carbocycles. The van der Waals surface area contributed by atoms with E-state index in [2.05, 4.69) is 19.7 Å². The van der Waals surface area contributed by atoms with Crippen LogP contribution in [0.1, 0.15) is 26.3 Å². The summed E-state index contributed by atoms with van der Waals surface area (Å²) in [5.41, 5.74) is -0.809. The molecule has 0 bridgehead atoms. The molecule has 0 radical (unpaired) electrons. The van der Waals surface area contributed by atoms with Crippen LogP contribution in [-0.4, -0.2) is 21.7 Å². The van der Waals surface area contributed by atoms with Crippen LogP contribution in [0.25, 0.3) is 11.0 Å². The number of nitrogens with one attached hydrogen (secondary N) is 2. The first-order chi connectivity index (χ1) is 10.2. The van der Waals surface area contributed by atoms with Gasteiger partial charge in [0.05, 0.1) is 0 Å². The number of hydrogen-bond acceptors (Lipinski definition) is 6. The quantitative estimate of drug-likeness (QED) is 0.714. The molecule has 1 amide bonds. The summed E-state index contributed by atoms with van der Waals surface area (Å²) in [6.45, 7) is 5.29. The fraction of sp³-hybridized carbons (Fsp3) is 0.385. The minimum absolute atomic E-state index is 0.0447. The van der Waals surface area contributed by atoms with E-state index in [0.717, 1.165) is 0 Å². The first-order valence-electron chi connectivity index (χ1n) is 6.35. The number of aromatic nitrogens is 2. The normalized spacial score (nSPS) is 11.5. The molecule has 0 aliphatic rings. The van der Waals surface area contributed by atoms with Crippen molar-refractivity contribution < 1.29 is 13.9 Å². The zero-order valence-corrected chi connectivity index (χ0v) is 14.3. The minimum Gasteiger partial charge on any atom is -0.444 e. The van der Waals surface area contributed by atoms with Crippen molar-refractivity contribution in [1.29, 1.82) is 0 Å². The van der Waals surface area contributed by atoms with E-state index >= 15 is 0 Å². The second kappa shape index (κ2) is 6.07. The maximum Gasteiger partial charge on any atom is 0.420 e. The summed E-state index contributed by atoms with van der Waals surface area (Å²) in [6.07, 6.45) is 0.881. The van der Waals surface area contributed by atoms with Crippen LogP contribution < -0.4 is 16.7 Å². The standard InChI is InChI=1S/C13H14IN3O5/c1-13(2,3)22-11(19)16-4-6-7(14)5-15-9-8(6)10(18)21-12(20)17-9/h5H,4H2,1-3H3,(H,16,19)(H,15,17,20). The molecule has 2 aromatic rings. The summed E-state index contributed by atoms with van der Waals surface area (Å²) < 4.78 is 10.3. The molecule has 22 heavy (non-hydrogen) atoms. The number of fused-ring (bicyclic) bond motifs is 1. The zero-order chi connectivity index (χ0) is 16.5. The van der Waals surface area contributed by atoms with E-state index in [1.165, 1.54) is 6.20 Å². The number of rotatable bonds is 2. The molecule has 0 atom stereocenters. The second-order valence-corrected chi connectivity index (χ2v) is 6.63. The van der Waals surface area contributed by atoms with Crippen molar-refractivity contribution in [3.63, 3.8) is 0 Å². The Kier molecular flexibility index (Phi) is 4.54. The molecule has 2 aromatic heterocycles. The fourth-order valence-electron chi connectivity index (χ4n) is 1.75. The van der Waals surface area contributed by atoms with Gasteiger partial charge in [0.25, 0.3) is 0 Å². The van der Waals surface area contributed by atoms with E-state index in [1.54, 1.807) is 20.8 Å². The molecular formula is C13H14IN3O5. The average molecular weight is 419 g/mol. The Hall–Kier alpha value is -1.91. The van der Waals surface area contributed by atoms with Crippen LogP contribution in [0, 0.1) is 3.57 Å². The predicted molar refractivity (Wildman–Crippen MR) is 86.7 cm³/mol. The summed E-state index contributed by atoms with van der Waals surface area (Å²) in [5.74, 6) is -0.878. The van der Waals surface area contributed by atoms with E-state index < -0.39 is 23.1 Å². The lowest BCUT2D eigenvalue weighted by atomic mass is 10.2. The van der Waals surface area contributed by atoms with Crippen LogP contribution >= 0.6 is 22.6 Å². The number of amides is 1. The van der Waals surface area contributed by atoms with Crippen LogP contribution in [0.4, 0.5) is 4.79 Å². The van der Waals surface area contributed by atoms with Gasteiger partial charge in [0.15, 0.2) is 0 Å². The predicted octanol–water partition coefficient (Wildman–Crippen LogP) is 1.51. The molecule has 0 aliphatic heterocycles. The summed E-state index contributed by atoms with van der Waals surface area (Å²) in [6, 6.07) is 0. The number of nitrogens with zero attached hydrogens (tertiary/aromatic N) is 1. The Labute approximate surface area is 138 Å². The van der Waals surface area contributed by atoms with Gasteiger partial charge in [-0.05, 0) is 43.4 Å². The lowest BCUT2D eigenvalue weighted by molar-refractivity contribution is 0.0523. The Balaban J connectivity index is 2.35. The Morgan fingerprint density at radius 1 is 1.45 bits per heavy atom. The number of ether oxygens (including phenoxy) is 1. The monoisotopic (exact) mass is 419 g/mol. The number of halogens is 1. The van der Waals surface area contributed by atoms with Gasteiger partial charge in [0.1, 0.15) is 16.6 Å². The first-order valence-corrected chi connectivity index (χ1v) is 7.42. The molecule has 9 heteroatoms. The Morgan fingerprint density at radius 3 is 2.77 bits per heavy atom. The van der Waals surface area contributed by atoms with Crippen LogP contribution in [0.15, 0.2) is 20.2 Å². The second-order valence-electron chi connectivity index (χ2n) is 5.47. The van der Waals surface area contributed by atoms with Crippen molar-refractivity contribution in [3.8, 4) is 0 Å². The highest BCUT2D eigenvalue weighted by Crippen LogP contribution is 2.17. The van der Waals surface area contributed by atoms with Gasteiger partial charge in [-0.3, -0.25) is 4.98 Å². The molecule has 0 saturated heterocycles. The lowest BCUT2D eigenvalue weighted by Gasteiger charge is -2.20. The third-order valence-corrected chi connectivity index (χ3v) is 3.48. The number of aromatic amines is 1. The summed E-state index contributed by atoms with van der Waals surface area (Å²) in [5, 5.41) is 2.69. The largest absolute Gasteiger partial charge is 0.444 e. The van der Waals surface area contributed by atoms with E-state index in [9.17, 15) is 14.4 Å². The number of carbonyl (C=O) groups is 1. The van der Waals surface area contributed by atoms with E-state index in [-0.39, 0.29) is 17.6 Å². The van der Waals surface area contributed by atoms with Crippen molar-refractivity contribution in [2.75, 3.05) is 0 Å². The van der Waals surface area contributed by atoms with Gasteiger partial charge in [-0.15, -0.1) is 0 Å². The SMILES string of the molecule is CC(C)(C)OC(=O)NCc1c(I)cnc2[nH]c(=O)oc(=O)c12. The first kappa shape index (κ1) is 16.5. The molecule has 0 fully saturated rings. The highest BCUT2D eigenvalue weighted by Gasteiger charge is 2.18. The van der Waals surface area contributed by atoms with E-state index in [1.807, 2.05) is 22.6 Å². The number of hydrogen-bond donors (Lipinski definition) is 2. The summed E-state index contributed by atoms with van der Waals surface area (Å²) in [7, 11) is 0. The van der Waals surface area contributed by atoms with Gasteiger partial charge in [0, 0.05) is 21.9 Å². The molecule has 118 valence electrons. The maximum atomic E-state index is 11.9. The fourth-order valence-corrected chi connectivity index (χ4v) is 2.35. The zero-order valence-electron chi connectivity index (χ0n) is 12.2. The molecule has 0 spiro atoms. The van der Waals surface area contributed by atoms with Crippen molar-refractivity contribution >= 4 is 39.7 Å². The number of alkyl carbamates (subject to hydrolysis) is 1. The molecule has 8 nitrogen and oxygen atoms in total. The highest BCUT2D eigenvalue weighted by atomic mass is 127.